The first-order valence-corrected chi connectivity index (χ1v) is 7.45. The van der Waals surface area contributed by atoms with E-state index < -0.39 is 0 Å². The zero-order valence-electron chi connectivity index (χ0n) is 13.4. The molecule has 0 aliphatic carbocycles. The van der Waals surface area contributed by atoms with Crippen LogP contribution in [-0.2, 0) is 0 Å². The van der Waals surface area contributed by atoms with Crippen LogP contribution in [-0.4, -0.2) is 17.1 Å². The SMILES string of the molecule is C.C.CC.CC.c1ccc2c(c1)OCO2.c1ccc2nonc2c1. The van der Waals surface area contributed by atoms with Crippen molar-refractivity contribution in [1.29, 1.82) is 0 Å². The van der Waals surface area contributed by atoms with Crippen molar-refractivity contribution < 1.29 is 14.1 Å². The van der Waals surface area contributed by atoms with Crippen LogP contribution in [0.25, 0.3) is 11.0 Å². The van der Waals surface area contributed by atoms with Crippen molar-refractivity contribution in [1.82, 2.24) is 10.3 Å². The van der Waals surface area contributed by atoms with Crippen molar-refractivity contribution in [2.24, 2.45) is 0 Å². The molecular weight excluding hydrogens is 304 g/mol. The van der Waals surface area contributed by atoms with Crippen LogP contribution in [0.2, 0.25) is 0 Å². The molecule has 5 nitrogen and oxygen atoms in total. The predicted octanol–water partition coefficient (Wildman–Crippen LogP) is 5.96. The molecule has 1 aromatic heterocycles. The number of benzene rings is 2. The molecule has 4 rings (SSSR count). The predicted molar refractivity (Wildman–Crippen MR) is 101 cm³/mol. The summed E-state index contributed by atoms with van der Waals surface area (Å²) in [5, 5.41) is 7.27. The molecule has 0 atom stereocenters. The Labute approximate surface area is 145 Å². The highest BCUT2D eigenvalue weighted by Crippen LogP contribution is 2.30. The largest absolute Gasteiger partial charge is 0.454 e. The fourth-order valence-corrected chi connectivity index (χ4v) is 1.57. The van der Waals surface area contributed by atoms with E-state index in [2.05, 4.69) is 14.9 Å². The van der Waals surface area contributed by atoms with Crippen LogP contribution >= 0.6 is 0 Å². The highest BCUT2D eigenvalue weighted by atomic mass is 16.7. The molecule has 1 aliphatic rings. The van der Waals surface area contributed by atoms with Gasteiger partial charge in [0.2, 0.25) is 6.79 Å². The van der Waals surface area contributed by atoms with E-state index in [1.807, 2.05) is 76.2 Å². The molecule has 0 bridgehead atoms. The van der Waals surface area contributed by atoms with Gasteiger partial charge in [-0.3, -0.25) is 0 Å². The molecular formula is C19H30N2O3. The lowest BCUT2D eigenvalue weighted by atomic mass is 10.3. The number of hydrogen-bond acceptors (Lipinski definition) is 5. The minimum absolute atomic E-state index is 0. The van der Waals surface area contributed by atoms with Crippen LogP contribution in [0.3, 0.4) is 0 Å². The second-order valence-electron chi connectivity index (χ2n) is 3.61. The number of para-hydroxylation sites is 2. The molecule has 0 spiro atoms. The Bertz CT molecular complexity index is 600. The average molecular weight is 334 g/mol. The lowest BCUT2D eigenvalue weighted by molar-refractivity contribution is 0.174. The molecule has 0 amide bonds. The maximum Gasteiger partial charge on any atom is 0.231 e. The summed E-state index contributed by atoms with van der Waals surface area (Å²) in [6.45, 7) is 8.36. The maximum atomic E-state index is 5.08. The Hall–Kier alpha value is -2.56. The summed E-state index contributed by atoms with van der Waals surface area (Å²) in [5.41, 5.74) is 1.61. The number of fused-ring (bicyclic) bond motifs is 2. The van der Waals surface area contributed by atoms with Crippen LogP contribution in [0.15, 0.2) is 53.2 Å². The first kappa shape index (κ1) is 23.7. The van der Waals surface area contributed by atoms with Gasteiger partial charge in [0.05, 0.1) is 0 Å². The van der Waals surface area contributed by atoms with Crippen LogP contribution in [0, 0.1) is 0 Å². The van der Waals surface area contributed by atoms with Gasteiger partial charge < -0.3 is 9.47 Å². The zero-order chi connectivity index (χ0) is 16.2. The van der Waals surface area contributed by atoms with Gasteiger partial charge in [0.1, 0.15) is 11.0 Å². The van der Waals surface area contributed by atoms with Crippen molar-refractivity contribution >= 4 is 11.0 Å². The van der Waals surface area contributed by atoms with Crippen LogP contribution in [0.4, 0.5) is 0 Å². The van der Waals surface area contributed by atoms with E-state index in [4.69, 9.17) is 9.47 Å². The summed E-state index contributed by atoms with van der Waals surface area (Å²) < 4.78 is 14.6. The first-order valence-electron chi connectivity index (χ1n) is 7.45. The molecule has 1 aliphatic heterocycles. The zero-order valence-corrected chi connectivity index (χ0v) is 13.4. The molecule has 0 radical (unpaired) electrons. The van der Waals surface area contributed by atoms with Crippen molar-refractivity contribution in [3.05, 3.63) is 48.5 Å². The lowest BCUT2D eigenvalue weighted by Crippen LogP contribution is -1.92. The molecule has 2 heterocycles. The van der Waals surface area contributed by atoms with Gasteiger partial charge in [-0.05, 0) is 34.6 Å². The van der Waals surface area contributed by atoms with Crippen molar-refractivity contribution in [2.75, 3.05) is 6.79 Å². The van der Waals surface area contributed by atoms with Gasteiger partial charge in [-0.15, -0.1) is 0 Å². The Morgan fingerprint density at radius 1 is 0.667 bits per heavy atom. The molecule has 0 fully saturated rings. The fourth-order valence-electron chi connectivity index (χ4n) is 1.57. The topological polar surface area (TPSA) is 57.4 Å². The maximum absolute atomic E-state index is 5.08. The summed E-state index contributed by atoms with van der Waals surface area (Å²) in [5.74, 6) is 1.69. The van der Waals surface area contributed by atoms with Gasteiger partial charge in [0.15, 0.2) is 11.5 Å². The minimum atomic E-state index is 0. The quantitative estimate of drug-likeness (QED) is 0.507. The second kappa shape index (κ2) is 14.1. The standard InChI is InChI=1S/C7H6O2.C6H4N2O.2C2H6.2CH4/c1-2-4-7-6(3-1)8-5-9-7;1-2-4-6-5(3-1)7-9-8-6;2*1-2;;/h1-4H,5H2;1-4H;2*1-2H3;2*1H4. The third-order valence-electron chi connectivity index (χ3n) is 2.44. The van der Waals surface area contributed by atoms with Gasteiger partial charge in [0.25, 0.3) is 0 Å². The normalized spacial score (nSPS) is 9.50. The Morgan fingerprint density at radius 2 is 1.04 bits per heavy atom. The van der Waals surface area contributed by atoms with E-state index in [-0.39, 0.29) is 14.9 Å². The molecule has 5 heteroatoms. The van der Waals surface area contributed by atoms with E-state index in [1.165, 1.54) is 0 Å². The molecule has 0 saturated carbocycles. The van der Waals surface area contributed by atoms with Gasteiger partial charge in [-0.25, -0.2) is 4.63 Å². The number of rotatable bonds is 0. The van der Waals surface area contributed by atoms with Gasteiger partial charge >= 0.3 is 0 Å². The van der Waals surface area contributed by atoms with E-state index in [9.17, 15) is 0 Å². The number of aromatic nitrogens is 2. The Kier molecular flexibility index (Phi) is 13.9. The fraction of sp³-hybridized carbons (Fsp3) is 0.368. The third-order valence-corrected chi connectivity index (χ3v) is 2.44. The number of hydrogen-bond donors (Lipinski definition) is 0. The molecule has 134 valence electrons. The molecule has 24 heavy (non-hydrogen) atoms. The highest BCUT2D eigenvalue weighted by Gasteiger charge is 2.09. The Morgan fingerprint density at radius 3 is 1.46 bits per heavy atom. The van der Waals surface area contributed by atoms with Crippen LogP contribution in [0.1, 0.15) is 42.5 Å². The smallest absolute Gasteiger partial charge is 0.231 e. The molecule has 0 unspecified atom stereocenters. The molecule has 0 saturated heterocycles. The summed E-state index contributed by atoms with van der Waals surface area (Å²) in [6.07, 6.45) is 0. The molecule has 0 N–H and O–H groups in total. The van der Waals surface area contributed by atoms with Crippen LogP contribution < -0.4 is 9.47 Å². The van der Waals surface area contributed by atoms with Crippen molar-refractivity contribution in [3.8, 4) is 11.5 Å². The summed E-state index contributed by atoms with van der Waals surface area (Å²) >= 11 is 0. The monoisotopic (exact) mass is 334 g/mol. The van der Waals surface area contributed by atoms with Crippen LogP contribution in [0.5, 0.6) is 11.5 Å². The third kappa shape index (κ3) is 6.69. The minimum Gasteiger partial charge on any atom is -0.454 e. The molecule has 3 aromatic rings. The van der Waals surface area contributed by atoms with Crippen molar-refractivity contribution in [3.63, 3.8) is 0 Å². The van der Waals surface area contributed by atoms with Gasteiger partial charge in [0, 0.05) is 0 Å². The van der Waals surface area contributed by atoms with E-state index in [1.54, 1.807) is 0 Å². The van der Waals surface area contributed by atoms with E-state index in [0.29, 0.717) is 6.79 Å². The lowest BCUT2D eigenvalue weighted by Gasteiger charge is -1.89. The second-order valence-corrected chi connectivity index (χ2v) is 3.61. The number of nitrogens with zero attached hydrogens (tertiary/aromatic N) is 2. The average Bonchev–Trinajstić information content (AvgIpc) is 3.28. The van der Waals surface area contributed by atoms with Gasteiger partial charge in [-0.1, -0.05) is 66.8 Å². The molecule has 2 aromatic carbocycles. The summed E-state index contributed by atoms with van der Waals surface area (Å²) in [7, 11) is 0. The summed E-state index contributed by atoms with van der Waals surface area (Å²) in [4.78, 5) is 0. The first-order chi connectivity index (χ1) is 10.9. The van der Waals surface area contributed by atoms with Gasteiger partial charge in [-0.2, -0.15) is 0 Å². The number of ether oxygens (including phenoxy) is 2. The van der Waals surface area contributed by atoms with Crippen molar-refractivity contribution in [2.45, 2.75) is 42.5 Å². The summed E-state index contributed by atoms with van der Waals surface area (Å²) in [6, 6.07) is 15.1. The van der Waals surface area contributed by atoms with E-state index in [0.717, 1.165) is 22.5 Å². The Balaban J connectivity index is 0. The van der Waals surface area contributed by atoms with E-state index >= 15 is 0 Å². The highest BCUT2D eigenvalue weighted by molar-refractivity contribution is 5.72.